The Morgan fingerprint density at radius 3 is 2.83 bits per heavy atom. The molecule has 1 aliphatic rings. The molecule has 0 radical (unpaired) electrons. The minimum absolute atomic E-state index is 0.0239. The van der Waals surface area contributed by atoms with Gasteiger partial charge in [0.05, 0.1) is 17.9 Å². The third-order valence-corrected chi connectivity index (χ3v) is 4.39. The molecule has 1 saturated heterocycles. The molecular weight excluding hydrogens is 288 g/mol. The summed E-state index contributed by atoms with van der Waals surface area (Å²) < 4.78 is 1.78. The lowest BCUT2D eigenvalue weighted by atomic mass is 10.0. The lowest BCUT2D eigenvalue weighted by Gasteiger charge is -2.32. The molecule has 1 atom stereocenters. The van der Waals surface area contributed by atoms with E-state index in [0.29, 0.717) is 12.6 Å². The number of nitrogens with zero attached hydrogens (tertiary/aromatic N) is 3. The molecule has 5 heteroatoms. The highest BCUT2D eigenvalue weighted by Crippen LogP contribution is 2.18. The first-order valence-corrected chi connectivity index (χ1v) is 8.29. The summed E-state index contributed by atoms with van der Waals surface area (Å²) in [6, 6.07) is 12.3. The van der Waals surface area contributed by atoms with Gasteiger partial charge in [0.1, 0.15) is 5.82 Å². The number of hydrogen-bond acceptors (Lipinski definition) is 3. The summed E-state index contributed by atoms with van der Waals surface area (Å²) in [7, 11) is 0. The highest BCUT2D eigenvalue weighted by molar-refractivity contribution is 5.91. The fraction of sp³-hybridized carbons (Fsp3) is 0.444. The van der Waals surface area contributed by atoms with Crippen LogP contribution in [0.15, 0.2) is 36.4 Å². The van der Waals surface area contributed by atoms with Gasteiger partial charge in [0.2, 0.25) is 5.91 Å². The summed E-state index contributed by atoms with van der Waals surface area (Å²) in [6.07, 6.45) is 3.62. The van der Waals surface area contributed by atoms with Gasteiger partial charge in [-0.3, -0.25) is 9.69 Å². The molecule has 2 aromatic rings. The molecule has 1 aliphatic heterocycles. The Bertz CT molecular complexity index is 665. The van der Waals surface area contributed by atoms with E-state index in [9.17, 15) is 4.79 Å². The number of carbonyl (C=O) groups is 1. The Balaban J connectivity index is 1.71. The van der Waals surface area contributed by atoms with E-state index >= 15 is 0 Å². The molecule has 5 nitrogen and oxygen atoms in total. The maximum Gasteiger partial charge on any atom is 0.239 e. The van der Waals surface area contributed by atoms with E-state index in [2.05, 4.69) is 22.2 Å². The topological polar surface area (TPSA) is 50.2 Å². The third kappa shape index (κ3) is 3.79. The standard InChI is InChI=1S/C18H24N4O/c1-14-12-17(22(20-14)16-9-4-3-5-10-16)19-18(23)13-21-11-7-6-8-15(21)2/h3-5,9-10,12,15H,6-8,11,13H2,1-2H3,(H,19,23)/t15-/m0/s1. The molecule has 3 rings (SSSR count). The molecule has 23 heavy (non-hydrogen) atoms. The van der Waals surface area contributed by atoms with Crippen molar-refractivity contribution >= 4 is 11.7 Å². The van der Waals surface area contributed by atoms with Gasteiger partial charge >= 0.3 is 0 Å². The van der Waals surface area contributed by atoms with Gasteiger partial charge in [-0.05, 0) is 45.4 Å². The van der Waals surface area contributed by atoms with E-state index in [1.165, 1.54) is 19.3 Å². The largest absolute Gasteiger partial charge is 0.309 e. The quantitative estimate of drug-likeness (QED) is 0.944. The first kappa shape index (κ1) is 15.7. The molecule has 0 bridgehead atoms. The maximum absolute atomic E-state index is 12.4. The van der Waals surface area contributed by atoms with Gasteiger partial charge in [-0.15, -0.1) is 0 Å². The molecule has 1 amide bonds. The van der Waals surface area contributed by atoms with Crippen LogP contribution in [0.5, 0.6) is 0 Å². The molecular formula is C18H24N4O. The Hall–Kier alpha value is -2.14. The number of para-hydroxylation sites is 1. The van der Waals surface area contributed by atoms with E-state index in [0.717, 1.165) is 23.7 Å². The zero-order chi connectivity index (χ0) is 16.2. The average Bonchev–Trinajstić information content (AvgIpc) is 2.91. The van der Waals surface area contributed by atoms with Crippen molar-refractivity contribution in [3.05, 3.63) is 42.1 Å². The highest BCUT2D eigenvalue weighted by Gasteiger charge is 2.21. The third-order valence-electron chi connectivity index (χ3n) is 4.39. The zero-order valence-electron chi connectivity index (χ0n) is 13.8. The number of rotatable bonds is 4. The molecule has 1 fully saturated rings. The van der Waals surface area contributed by atoms with Crippen LogP contribution in [0.2, 0.25) is 0 Å². The van der Waals surface area contributed by atoms with Crippen LogP contribution in [-0.2, 0) is 4.79 Å². The Kier molecular flexibility index (Phi) is 4.76. The molecule has 1 N–H and O–H groups in total. The number of likely N-dealkylation sites (tertiary alicyclic amines) is 1. The number of nitrogens with one attached hydrogen (secondary N) is 1. The monoisotopic (exact) mass is 312 g/mol. The number of hydrogen-bond donors (Lipinski definition) is 1. The molecule has 1 aromatic carbocycles. The number of amides is 1. The fourth-order valence-corrected chi connectivity index (χ4v) is 3.11. The van der Waals surface area contributed by atoms with Gasteiger partial charge in [0.15, 0.2) is 0 Å². The number of carbonyl (C=O) groups excluding carboxylic acids is 1. The summed E-state index contributed by atoms with van der Waals surface area (Å²) in [5.41, 5.74) is 1.83. The molecule has 0 unspecified atom stereocenters. The zero-order valence-corrected chi connectivity index (χ0v) is 13.8. The second-order valence-corrected chi connectivity index (χ2v) is 6.28. The first-order chi connectivity index (χ1) is 11.1. The van der Waals surface area contributed by atoms with Crippen LogP contribution in [0.25, 0.3) is 5.69 Å². The van der Waals surface area contributed by atoms with Crippen molar-refractivity contribution in [1.29, 1.82) is 0 Å². The van der Waals surface area contributed by atoms with E-state index in [4.69, 9.17) is 0 Å². The van der Waals surface area contributed by atoms with Gasteiger partial charge in [-0.1, -0.05) is 24.6 Å². The van der Waals surface area contributed by atoms with Crippen LogP contribution < -0.4 is 5.32 Å². The van der Waals surface area contributed by atoms with Gasteiger partial charge in [0, 0.05) is 12.1 Å². The van der Waals surface area contributed by atoms with E-state index in [-0.39, 0.29) is 5.91 Å². The lowest BCUT2D eigenvalue weighted by molar-refractivity contribution is -0.118. The Morgan fingerprint density at radius 2 is 2.09 bits per heavy atom. The number of aryl methyl sites for hydroxylation is 1. The van der Waals surface area contributed by atoms with Crippen LogP contribution in [-0.4, -0.2) is 39.7 Å². The van der Waals surface area contributed by atoms with Crippen LogP contribution in [0.1, 0.15) is 31.9 Å². The Morgan fingerprint density at radius 1 is 1.30 bits per heavy atom. The van der Waals surface area contributed by atoms with Crippen molar-refractivity contribution in [2.75, 3.05) is 18.4 Å². The summed E-state index contributed by atoms with van der Waals surface area (Å²) in [4.78, 5) is 14.7. The number of piperidine rings is 1. The predicted octanol–water partition coefficient (Wildman–Crippen LogP) is 2.99. The van der Waals surface area contributed by atoms with Crippen LogP contribution >= 0.6 is 0 Å². The van der Waals surface area contributed by atoms with Crippen LogP contribution in [0.4, 0.5) is 5.82 Å². The normalized spacial score (nSPS) is 18.8. The van der Waals surface area contributed by atoms with Gasteiger partial charge < -0.3 is 5.32 Å². The number of benzene rings is 1. The van der Waals surface area contributed by atoms with Gasteiger partial charge in [-0.2, -0.15) is 5.10 Å². The molecule has 0 saturated carbocycles. The van der Waals surface area contributed by atoms with Crippen LogP contribution in [0.3, 0.4) is 0 Å². The molecule has 122 valence electrons. The number of aromatic nitrogens is 2. The highest BCUT2D eigenvalue weighted by atomic mass is 16.2. The summed E-state index contributed by atoms with van der Waals surface area (Å²) in [5, 5.41) is 7.50. The minimum Gasteiger partial charge on any atom is -0.309 e. The predicted molar refractivity (Wildman–Crippen MR) is 91.8 cm³/mol. The minimum atomic E-state index is 0.0239. The average molecular weight is 312 g/mol. The van der Waals surface area contributed by atoms with Crippen molar-refractivity contribution < 1.29 is 4.79 Å². The molecule has 0 aliphatic carbocycles. The first-order valence-electron chi connectivity index (χ1n) is 8.29. The van der Waals surface area contributed by atoms with Crippen molar-refractivity contribution in [2.45, 2.75) is 39.2 Å². The SMILES string of the molecule is Cc1cc(NC(=O)CN2CCCC[C@@H]2C)n(-c2ccccc2)n1. The molecule has 0 spiro atoms. The van der Waals surface area contributed by atoms with Crippen molar-refractivity contribution in [3.8, 4) is 5.69 Å². The summed E-state index contributed by atoms with van der Waals surface area (Å²) in [5.74, 6) is 0.749. The molecule has 1 aromatic heterocycles. The summed E-state index contributed by atoms with van der Waals surface area (Å²) >= 11 is 0. The second kappa shape index (κ2) is 6.96. The summed E-state index contributed by atoms with van der Waals surface area (Å²) in [6.45, 7) is 5.58. The van der Waals surface area contributed by atoms with Crippen molar-refractivity contribution in [2.24, 2.45) is 0 Å². The molecule has 2 heterocycles. The van der Waals surface area contributed by atoms with Crippen molar-refractivity contribution in [3.63, 3.8) is 0 Å². The van der Waals surface area contributed by atoms with Crippen LogP contribution in [0, 0.1) is 6.92 Å². The van der Waals surface area contributed by atoms with Gasteiger partial charge in [-0.25, -0.2) is 4.68 Å². The smallest absolute Gasteiger partial charge is 0.239 e. The second-order valence-electron chi connectivity index (χ2n) is 6.28. The number of anilines is 1. The fourth-order valence-electron chi connectivity index (χ4n) is 3.11. The van der Waals surface area contributed by atoms with Crippen molar-refractivity contribution in [1.82, 2.24) is 14.7 Å². The maximum atomic E-state index is 12.4. The Labute approximate surface area is 137 Å². The van der Waals surface area contributed by atoms with E-state index in [1.807, 2.05) is 43.3 Å². The van der Waals surface area contributed by atoms with E-state index < -0.39 is 0 Å². The van der Waals surface area contributed by atoms with E-state index in [1.54, 1.807) is 4.68 Å². The lowest BCUT2D eigenvalue weighted by Crippen LogP contribution is -2.42. The van der Waals surface area contributed by atoms with Gasteiger partial charge in [0.25, 0.3) is 0 Å².